The lowest BCUT2D eigenvalue weighted by Crippen LogP contribution is -2.46. The fraction of sp³-hybridized carbons (Fsp3) is 0.750. The number of esters is 1. The Kier molecular flexibility index (Phi) is 3.98. The van der Waals surface area contributed by atoms with Crippen LogP contribution in [0, 0.1) is 5.92 Å². The van der Waals surface area contributed by atoms with Crippen LogP contribution in [0.25, 0.3) is 0 Å². The van der Waals surface area contributed by atoms with Crippen LogP contribution in [0.15, 0.2) is 0 Å². The maximum absolute atomic E-state index is 11.9. The predicted octanol–water partition coefficient (Wildman–Crippen LogP) is 1.33. The summed E-state index contributed by atoms with van der Waals surface area (Å²) in [6, 6.07) is -0.882. The number of imide groups is 1. The predicted molar refractivity (Wildman–Crippen MR) is 62.7 cm³/mol. The zero-order valence-electron chi connectivity index (χ0n) is 11.4. The van der Waals surface area contributed by atoms with Crippen LogP contribution in [0.3, 0.4) is 0 Å². The van der Waals surface area contributed by atoms with E-state index in [0.29, 0.717) is 0 Å². The molecule has 0 aromatic rings. The van der Waals surface area contributed by atoms with E-state index in [1.165, 1.54) is 7.11 Å². The van der Waals surface area contributed by atoms with Crippen LogP contribution in [0.1, 0.15) is 34.1 Å². The molecule has 2 atom stereocenters. The minimum atomic E-state index is -0.882. The highest BCUT2D eigenvalue weighted by atomic mass is 16.6. The first-order chi connectivity index (χ1) is 8.17. The summed E-state index contributed by atoms with van der Waals surface area (Å²) in [7, 11) is 1.23. The molecule has 1 unspecified atom stereocenters. The van der Waals surface area contributed by atoms with Gasteiger partial charge in [0, 0.05) is 5.92 Å². The van der Waals surface area contributed by atoms with Crippen molar-refractivity contribution in [2.75, 3.05) is 7.11 Å². The number of amides is 2. The van der Waals surface area contributed by atoms with Gasteiger partial charge in [-0.05, 0) is 27.2 Å². The zero-order valence-corrected chi connectivity index (χ0v) is 11.4. The Morgan fingerprint density at radius 2 is 1.89 bits per heavy atom. The van der Waals surface area contributed by atoms with Gasteiger partial charge >= 0.3 is 12.1 Å². The first-order valence-electron chi connectivity index (χ1n) is 5.81. The molecule has 1 aliphatic rings. The lowest BCUT2D eigenvalue weighted by molar-refractivity contribution is -0.148. The van der Waals surface area contributed by atoms with Crippen molar-refractivity contribution < 1.29 is 23.9 Å². The first-order valence-corrected chi connectivity index (χ1v) is 5.81. The Morgan fingerprint density at radius 3 is 2.33 bits per heavy atom. The first kappa shape index (κ1) is 14.5. The van der Waals surface area contributed by atoms with Crippen LogP contribution >= 0.6 is 0 Å². The molecule has 1 saturated heterocycles. The Balaban J connectivity index is 2.91. The van der Waals surface area contributed by atoms with Crippen molar-refractivity contribution in [3.05, 3.63) is 0 Å². The molecule has 1 fully saturated rings. The molecular formula is C12H19NO5. The standard InChI is InChI=1S/C12H19NO5/c1-7-6-8(10(15)17-5)13(9(7)14)11(16)18-12(2,3)4/h7-8H,6H2,1-5H3/t7?,8-/m1/s1. The highest BCUT2D eigenvalue weighted by Gasteiger charge is 2.46. The van der Waals surface area contributed by atoms with E-state index >= 15 is 0 Å². The Morgan fingerprint density at radius 1 is 1.33 bits per heavy atom. The van der Waals surface area contributed by atoms with Crippen molar-refractivity contribution in [3.8, 4) is 0 Å². The largest absolute Gasteiger partial charge is 0.467 e. The minimum absolute atomic E-state index is 0.269. The monoisotopic (exact) mass is 257 g/mol. The molecule has 1 aliphatic heterocycles. The third-order valence-electron chi connectivity index (χ3n) is 2.61. The topological polar surface area (TPSA) is 72.9 Å². The minimum Gasteiger partial charge on any atom is -0.467 e. The van der Waals surface area contributed by atoms with Gasteiger partial charge in [0.15, 0.2) is 0 Å². The summed E-state index contributed by atoms with van der Waals surface area (Å²) < 4.78 is 9.72. The van der Waals surface area contributed by atoms with Crippen molar-refractivity contribution >= 4 is 18.0 Å². The molecule has 0 bridgehead atoms. The maximum Gasteiger partial charge on any atom is 0.417 e. The molecule has 1 rings (SSSR count). The second-order valence-electron chi connectivity index (χ2n) is 5.36. The summed E-state index contributed by atoms with van der Waals surface area (Å²) >= 11 is 0. The van der Waals surface area contributed by atoms with E-state index in [2.05, 4.69) is 4.74 Å². The molecule has 0 radical (unpaired) electrons. The molecule has 0 aliphatic carbocycles. The van der Waals surface area contributed by atoms with Crippen LogP contribution < -0.4 is 0 Å². The van der Waals surface area contributed by atoms with Crippen LogP contribution in [-0.4, -0.2) is 41.6 Å². The van der Waals surface area contributed by atoms with Gasteiger partial charge in [-0.2, -0.15) is 0 Å². The molecule has 0 spiro atoms. The summed E-state index contributed by atoms with van der Waals surface area (Å²) in [4.78, 5) is 36.2. The summed E-state index contributed by atoms with van der Waals surface area (Å²) in [5, 5.41) is 0. The van der Waals surface area contributed by atoms with Crippen molar-refractivity contribution in [3.63, 3.8) is 0 Å². The van der Waals surface area contributed by atoms with E-state index in [1.54, 1.807) is 27.7 Å². The van der Waals surface area contributed by atoms with Crippen LogP contribution in [0.2, 0.25) is 0 Å². The summed E-state index contributed by atoms with van der Waals surface area (Å²) in [6.45, 7) is 6.76. The third kappa shape index (κ3) is 3.00. The van der Waals surface area contributed by atoms with E-state index in [9.17, 15) is 14.4 Å². The van der Waals surface area contributed by atoms with Crippen molar-refractivity contribution in [2.24, 2.45) is 5.92 Å². The number of ether oxygens (including phenoxy) is 2. The van der Waals surface area contributed by atoms with Crippen molar-refractivity contribution in [1.29, 1.82) is 0 Å². The summed E-state index contributed by atoms with van der Waals surface area (Å²) in [6.07, 6.45) is -0.530. The number of hydrogen-bond donors (Lipinski definition) is 0. The number of nitrogens with zero attached hydrogens (tertiary/aromatic N) is 1. The second kappa shape index (κ2) is 4.96. The Hall–Kier alpha value is -1.59. The molecule has 0 saturated carbocycles. The van der Waals surface area contributed by atoms with Gasteiger partial charge in [-0.1, -0.05) is 6.92 Å². The molecule has 6 nitrogen and oxygen atoms in total. The van der Waals surface area contributed by atoms with Gasteiger partial charge in [0.05, 0.1) is 7.11 Å². The lowest BCUT2D eigenvalue weighted by Gasteiger charge is -2.26. The lowest BCUT2D eigenvalue weighted by atomic mass is 10.1. The van der Waals surface area contributed by atoms with Gasteiger partial charge in [0.25, 0.3) is 0 Å². The highest BCUT2D eigenvalue weighted by Crippen LogP contribution is 2.27. The van der Waals surface area contributed by atoms with E-state index in [4.69, 9.17) is 4.74 Å². The van der Waals surface area contributed by atoms with E-state index < -0.39 is 29.6 Å². The average Bonchev–Trinajstić information content (AvgIpc) is 2.52. The maximum atomic E-state index is 11.9. The molecule has 0 N–H and O–H groups in total. The highest BCUT2D eigenvalue weighted by molar-refractivity contribution is 6.00. The Bertz CT molecular complexity index is 371. The second-order valence-corrected chi connectivity index (χ2v) is 5.36. The molecule has 102 valence electrons. The fourth-order valence-electron chi connectivity index (χ4n) is 1.80. The van der Waals surface area contributed by atoms with Crippen LogP contribution in [0.5, 0.6) is 0 Å². The van der Waals surface area contributed by atoms with Crippen molar-refractivity contribution in [2.45, 2.75) is 45.8 Å². The number of likely N-dealkylation sites (tertiary alicyclic amines) is 1. The summed E-state index contributed by atoms with van der Waals surface area (Å²) in [5.74, 6) is -1.39. The third-order valence-corrected chi connectivity index (χ3v) is 2.61. The average molecular weight is 257 g/mol. The van der Waals surface area contributed by atoms with E-state index in [1.807, 2.05) is 0 Å². The SMILES string of the molecule is COC(=O)[C@H]1CC(C)C(=O)N1C(=O)OC(C)(C)C. The molecular weight excluding hydrogens is 238 g/mol. The molecule has 0 aromatic carbocycles. The molecule has 18 heavy (non-hydrogen) atoms. The van der Waals surface area contributed by atoms with E-state index in [0.717, 1.165) is 4.90 Å². The Labute approximate surface area is 106 Å². The summed E-state index contributed by atoms with van der Waals surface area (Å²) in [5.41, 5.74) is -0.718. The number of rotatable bonds is 1. The van der Waals surface area contributed by atoms with Gasteiger partial charge in [0.1, 0.15) is 11.6 Å². The molecule has 1 heterocycles. The van der Waals surface area contributed by atoms with Gasteiger partial charge < -0.3 is 9.47 Å². The van der Waals surface area contributed by atoms with Gasteiger partial charge in [-0.3, -0.25) is 4.79 Å². The van der Waals surface area contributed by atoms with Gasteiger partial charge in [0.2, 0.25) is 5.91 Å². The number of methoxy groups -OCH3 is 1. The zero-order chi connectivity index (χ0) is 14.1. The number of carbonyl (C=O) groups excluding carboxylic acids is 3. The fourth-order valence-corrected chi connectivity index (χ4v) is 1.80. The molecule has 2 amide bonds. The van der Waals surface area contributed by atoms with Crippen LogP contribution in [-0.2, 0) is 19.1 Å². The molecule has 6 heteroatoms. The van der Waals surface area contributed by atoms with E-state index in [-0.39, 0.29) is 12.3 Å². The number of carbonyl (C=O) groups is 3. The molecule has 0 aromatic heterocycles. The smallest absolute Gasteiger partial charge is 0.417 e. The van der Waals surface area contributed by atoms with Gasteiger partial charge in [-0.15, -0.1) is 0 Å². The van der Waals surface area contributed by atoms with Crippen LogP contribution in [0.4, 0.5) is 4.79 Å². The number of hydrogen-bond acceptors (Lipinski definition) is 5. The van der Waals surface area contributed by atoms with Gasteiger partial charge in [-0.25, -0.2) is 14.5 Å². The normalized spacial score (nSPS) is 24.1. The van der Waals surface area contributed by atoms with Crippen molar-refractivity contribution in [1.82, 2.24) is 4.90 Å². The quantitative estimate of drug-likeness (QED) is 0.663.